The van der Waals surface area contributed by atoms with Gasteiger partial charge in [0.05, 0.1) is 15.5 Å². The number of piperidine rings is 1. The molecule has 0 spiro atoms. The zero-order valence-electron chi connectivity index (χ0n) is 15.8. The molecule has 6 nitrogen and oxygen atoms in total. The molecule has 1 amide bonds. The van der Waals surface area contributed by atoms with Crippen molar-refractivity contribution < 1.29 is 13.2 Å². The zero-order chi connectivity index (χ0) is 19.5. The summed E-state index contributed by atoms with van der Waals surface area (Å²) >= 11 is 6.14. The van der Waals surface area contributed by atoms with E-state index in [0.717, 1.165) is 6.42 Å². The summed E-state index contributed by atoms with van der Waals surface area (Å²) in [6.45, 7) is 6.26. The molecule has 0 aliphatic carbocycles. The molecule has 0 bridgehead atoms. The van der Waals surface area contributed by atoms with Crippen molar-refractivity contribution in [1.82, 2.24) is 14.5 Å². The fourth-order valence-corrected chi connectivity index (χ4v) is 5.19. The fourth-order valence-electron chi connectivity index (χ4n) is 3.28. The van der Waals surface area contributed by atoms with E-state index in [1.165, 1.54) is 22.5 Å². The van der Waals surface area contributed by atoms with Crippen LogP contribution in [-0.2, 0) is 10.0 Å². The van der Waals surface area contributed by atoms with Crippen LogP contribution in [0.3, 0.4) is 0 Å². The Morgan fingerprint density at radius 1 is 1.27 bits per heavy atom. The van der Waals surface area contributed by atoms with Crippen LogP contribution in [-0.4, -0.2) is 63.8 Å². The van der Waals surface area contributed by atoms with Crippen molar-refractivity contribution in [2.45, 2.75) is 25.2 Å². The molecule has 1 aromatic carbocycles. The standard InChI is InChI=1S/C18H28ClN3O3S/c1-13-9-14(2)12-22(11-13)26(24,25)15-5-6-17(19)16(10-15)18(23)20-7-8-21(3)4/h5-6,10,13-14H,7-9,11-12H2,1-4H3,(H,20,23). The second-order valence-corrected chi connectivity index (χ2v) is 9.81. The molecular formula is C18H28ClN3O3S. The van der Waals surface area contributed by atoms with E-state index >= 15 is 0 Å². The van der Waals surface area contributed by atoms with Crippen LogP contribution in [0.4, 0.5) is 0 Å². The zero-order valence-corrected chi connectivity index (χ0v) is 17.4. The molecule has 1 aliphatic heterocycles. The van der Waals surface area contributed by atoms with E-state index in [2.05, 4.69) is 19.2 Å². The van der Waals surface area contributed by atoms with E-state index in [-0.39, 0.29) is 21.4 Å². The predicted molar refractivity (Wildman–Crippen MR) is 104 cm³/mol. The van der Waals surface area contributed by atoms with Gasteiger partial charge >= 0.3 is 0 Å². The van der Waals surface area contributed by atoms with Gasteiger partial charge in [-0.25, -0.2) is 8.42 Å². The van der Waals surface area contributed by atoms with Crippen molar-refractivity contribution in [2.24, 2.45) is 11.8 Å². The van der Waals surface area contributed by atoms with Gasteiger partial charge in [0, 0.05) is 26.2 Å². The van der Waals surface area contributed by atoms with Gasteiger partial charge in [0.15, 0.2) is 0 Å². The first kappa shape index (κ1) is 21.2. The van der Waals surface area contributed by atoms with Crippen LogP contribution in [0, 0.1) is 11.8 Å². The van der Waals surface area contributed by atoms with E-state index in [9.17, 15) is 13.2 Å². The van der Waals surface area contributed by atoms with Gasteiger partial charge < -0.3 is 10.2 Å². The van der Waals surface area contributed by atoms with Crippen molar-refractivity contribution in [3.63, 3.8) is 0 Å². The van der Waals surface area contributed by atoms with E-state index < -0.39 is 10.0 Å². The monoisotopic (exact) mass is 401 g/mol. The average Bonchev–Trinajstić information content (AvgIpc) is 2.53. The number of rotatable bonds is 6. The summed E-state index contributed by atoms with van der Waals surface area (Å²) in [6, 6.07) is 4.33. The number of nitrogens with zero attached hydrogens (tertiary/aromatic N) is 2. The molecule has 26 heavy (non-hydrogen) atoms. The van der Waals surface area contributed by atoms with Gasteiger partial charge in [-0.05, 0) is 50.6 Å². The highest BCUT2D eigenvalue weighted by Gasteiger charge is 2.32. The van der Waals surface area contributed by atoms with Crippen LogP contribution in [0.5, 0.6) is 0 Å². The van der Waals surface area contributed by atoms with Gasteiger partial charge in [-0.1, -0.05) is 25.4 Å². The van der Waals surface area contributed by atoms with Crippen molar-refractivity contribution in [1.29, 1.82) is 0 Å². The lowest BCUT2D eigenvalue weighted by Crippen LogP contribution is -2.42. The van der Waals surface area contributed by atoms with E-state index in [0.29, 0.717) is 38.0 Å². The number of hydrogen-bond donors (Lipinski definition) is 1. The smallest absolute Gasteiger partial charge is 0.252 e. The third-order valence-electron chi connectivity index (χ3n) is 4.50. The van der Waals surface area contributed by atoms with Gasteiger partial charge in [0.1, 0.15) is 0 Å². The molecule has 2 unspecified atom stereocenters. The first-order valence-corrected chi connectivity index (χ1v) is 10.7. The van der Waals surface area contributed by atoms with Gasteiger partial charge in [0.25, 0.3) is 5.91 Å². The maximum atomic E-state index is 13.0. The molecule has 1 aromatic rings. The molecule has 0 radical (unpaired) electrons. The van der Waals surface area contributed by atoms with Crippen LogP contribution in [0.25, 0.3) is 0 Å². The number of nitrogens with one attached hydrogen (secondary N) is 1. The van der Waals surface area contributed by atoms with Gasteiger partial charge in [-0.2, -0.15) is 4.31 Å². The molecule has 2 rings (SSSR count). The molecule has 1 saturated heterocycles. The number of carbonyl (C=O) groups is 1. The molecule has 1 fully saturated rings. The molecule has 146 valence electrons. The van der Waals surface area contributed by atoms with Crippen LogP contribution >= 0.6 is 11.6 Å². The maximum absolute atomic E-state index is 13.0. The molecule has 1 N–H and O–H groups in total. The summed E-state index contributed by atoms with van der Waals surface area (Å²) in [6.07, 6.45) is 1.02. The third-order valence-corrected chi connectivity index (χ3v) is 6.66. The van der Waals surface area contributed by atoms with Gasteiger partial charge in [-0.15, -0.1) is 0 Å². The largest absolute Gasteiger partial charge is 0.351 e. The summed E-state index contributed by atoms with van der Waals surface area (Å²) in [5, 5.41) is 3.01. The van der Waals surface area contributed by atoms with Gasteiger partial charge in [0.2, 0.25) is 10.0 Å². The van der Waals surface area contributed by atoms with Crippen LogP contribution < -0.4 is 5.32 Å². The summed E-state index contributed by atoms with van der Waals surface area (Å²) in [5.41, 5.74) is 0.185. The van der Waals surface area contributed by atoms with Crippen LogP contribution in [0.1, 0.15) is 30.6 Å². The molecule has 0 aromatic heterocycles. The molecule has 2 atom stereocenters. The predicted octanol–water partition coefficient (Wildman–Crippen LogP) is 2.30. The SMILES string of the molecule is CC1CC(C)CN(S(=O)(=O)c2ccc(Cl)c(C(=O)NCCN(C)C)c2)C1. The summed E-state index contributed by atoms with van der Waals surface area (Å²) in [5.74, 6) is 0.263. The minimum atomic E-state index is -3.65. The minimum Gasteiger partial charge on any atom is -0.351 e. The Hall–Kier alpha value is -1.15. The summed E-state index contributed by atoms with van der Waals surface area (Å²) in [4.78, 5) is 14.4. The van der Waals surface area contributed by atoms with Crippen molar-refractivity contribution in [2.75, 3.05) is 40.3 Å². The number of carbonyl (C=O) groups excluding carboxylic acids is 1. The molecule has 0 saturated carbocycles. The first-order chi connectivity index (χ1) is 12.1. The lowest BCUT2D eigenvalue weighted by atomic mass is 9.94. The van der Waals surface area contributed by atoms with E-state index in [4.69, 9.17) is 11.6 Å². The van der Waals surface area contributed by atoms with E-state index in [1.54, 1.807) is 0 Å². The first-order valence-electron chi connectivity index (χ1n) is 8.84. The third kappa shape index (κ3) is 5.19. The quantitative estimate of drug-likeness (QED) is 0.794. The second-order valence-electron chi connectivity index (χ2n) is 7.47. The lowest BCUT2D eigenvalue weighted by molar-refractivity contribution is 0.0951. The Labute approximate surface area is 161 Å². The average molecular weight is 402 g/mol. The van der Waals surface area contributed by atoms with Crippen molar-refractivity contribution in [3.05, 3.63) is 28.8 Å². The highest BCUT2D eigenvalue weighted by molar-refractivity contribution is 7.89. The molecule has 8 heteroatoms. The number of hydrogen-bond acceptors (Lipinski definition) is 4. The topological polar surface area (TPSA) is 69.7 Å². The number of halogens is 1. The van der Waals surface area contributed by atoms with Crippen LogP contribution in [0.2, 0.25) is 5.02 Å². The normalized spacial score (nSPS) is 21.8. The number of likely N-dealkylation sites (N-methyl/N-ethyl adjacent to an activating group) is 1. The Bertz CT molecular complexity index is 742. The Balaban J connectivity index is 2.23. The molecule has 1 heterocycles. The summed E-state index contributed by atoms with van der Waals surface area (Å²) in [7, 11) is 0.171. The Kier molecular flexibility index (Phi) is 7.07. The molecule has 1 aliphatic rings. The van der Waals surface area contributed by atoms with Gasteiger partial charge in [-0.3, -0.25) is 4.79 Å². The van der Waals surface area contributed by atoms with E-state index in [1.807, 2.05) is 19.0 Å². The lowest BCUT2D eigenvalue weighted by Gasteiger charge is -2.34. The number of benzene rings is 1. The maximum Gasteiger partial charge on any atom is 0.252 e. The second kappa shape index (κ2) is 8.69. The number of sulfonamides is 1. The Morgan fingerprint density at radius 3 is 2.46 bits per heavy atom. The number of amides is 1. The molecular weight excluding hydrogens is 374 g/mol. The van der Waals surface area contributed by atoms with Crippen molar-refractivity contribution >= 4 is 27.5 Å². The Morgan fingerprint density at radius 2 is 1.88 bits per heavy atom. The van der Waals surface area contributed by atoms with Crippen molar-refractivity contribution in [3.8, 4) is 0 Å². The summed E-state index contributed by atoms with van der Waals surface area (Å²) < 4.78 is 27.5. The highest BCUT2D eigenvalue weighted by atomic mass is 35.5. The van der Waals surface area contributed by atoms with Crippen LogP contribution in [0.15, 0.2) is 23.1 Å². The fraction of sp³-hybridized carbons (Fsp3) is 0.611. The minimum absolute atomic E-state index is 0.112. The highest BCUT2D eigenvalue weighted by Crippen LogP contribution is 2.28.